The first-order chi connectivity index (χ1) is 14.7. The van der Waals surface area contributed by atoms with E-state index in [0.29, 0.717) is 23.1 Å². The topological polar surface area (TPSA) is 89.0 Å². The van der Waals surface area contributed by atoms with Gasteiger partial charge in [0.1, 0.15) is 17.2 Å². The van der Waals surface area contributed by atoms with Gasteiger partial charge in [0.2, 0.25) is 5.95 Å². The summed E-state index contributed by atoms with van der Waals surface area (Å²) in [7, 11) is 1.56. The number of ether oxygens (including phenoxy) is 1. The molecular weight excluding hydrogens is 378 g/mol. The lowest BCUT2D eigenvalue weighted by atomic mass is 10.1. The minimum atomic E-state index is -0.264. The summed E-state index contributed by atoms with van der Waals surface area (Å²) in [5, 5.41) is 6.67. The highest BCUT2D eigenvalue weighted by atomic mass is 16.5. The van der Waals surface area contributed by atoms with E-state index in [1.807, 2.05) is 36.4 Å². The van der Waals surface area contributed by atoms with E-state index in [4.69, 9.17) is 4.74 Å². The quantitative estimate of drug-likeness (QED) is 0.491. The molecule has 0 atom stereocenters. The average Bonchev–Trinajstić information content (AvgIpc) is 2.79. The normalized spacial score (nSPS) is 10.6. The van der Waals surface area contributed by atoms with E-state index in [-0.39, 0.29) is 5.91 Å². The van der Waals surface area contributed by atoms with Crippen LogP contribution in [0.4, 0.5) is 5.95 Å². The number of fused-ring (bicyclic) bond motifs is 1. The van der Waals surface area contributed by atoms with Gasteiger partial charge in [-0.15, -0.1) is 0 Å². The maximum atomic E-state index is 11.7. The number of carbonyl (C=O) groups is 1. The fourth-order valence-electron chi connectivity index (χ4n) is 2.99. The maximum Gasteiger partial charge on any atom is 0.269 e. The van der Waals surface area contributed by atoms with Crippen molar-refractivity contribution in [2.75, 3.05) is 18.9 Å². The Morgan fingerprint density at radius 3 is 2.67 bits per heavy atom. The van der Waals surface area contributed by atoms with Crippen LogP contribution in [0.25, 0.3) is 10.9 Å². The zero-order chi connectivity index (χ0) is 20.8. The van der Waals surface area contributed by atoms with E-state index in [1.54, 1.807) is 25.4 Å². The molecule has 2 N–H and O–H groups in total. The van der Waals surface area contributed by atoms with Crippen molar-refractivity contribution in [3.05, 3.63) is 84.3 Å². The molecule has 2 aromatic heterocycles. The second-order valence-corrected chi connectivity index (χ2v) is 6.63. The van der Waals surface area contributed by atoms with Crippen LogP contribution < -0.4 is 15.4 Å². The van der Waals surface area contributed by atoms with E-state index in [0.717, 1.165) is 23.9 Å². The van der Waals surface area contributed by atoms with Crippen LogP contribution >= 0.6 is 0 Å². The zero-order valence-corrected chi connectivity index (χ0v) is 16.5. The van der Waals surface area contributed by atoms with Gasteiger partial charge in [-0.05, 0) is 36.2 Å². The van der Waals surface area contributed by atoms with Gasteiger partial charge in [0.15, 0.2) is 0 Å². The van der Waals surface area contributed by atoms with Crippen LogP contribution in [-0.4, -0.2) is 34.5 Å². The molecule has 2 aromatic carbocycles. The van der Waals surface area contributed by atoms with E-state index in [1.165, 1.54) is 11.8 Å². The summed E-state index contributed by atoms with van der Waals surface area (Å²) in [6.45, 7) is 0.756. The Balaban J connectivity index is 1.43. The lowest BCUT2D eigenvalue weighted by molar-refractivity contribution is 0.0958. The van der Waals surface area contributed by atoms with Crippen LogP contribution in [-0.2, 0) is 6.42 Å². The Kier molecular flexibility index (Phi) is 5.80. The number of carbonyl (C=O) groups excluding carboxylic acids is 1. The molecule has 0 radical (unpaired) electrons. The molecule has 150 valence electrons. The highest BCUT2D eigenvalue weighted by molar-refractivity contribution is 5.92. The number of hydrogen-bond acceptors (Lipinski definition) is 6. The number of benzene rings is 2. The van der Waals surface area contributed by atoms with Gasteiger partial charge < -0.3 is 15.4 Å². The SMILES string of the molecule is CNC(=O)c1cc(Oc2ccc3nc(NCCc4ccccc4)ncc3c2)ccn1. The Labute approximate surface area is 174 Å². The van der Waals surface area contributed by atoms with Crippen LogP contribution in [0, 0.1) is 0 Å². The molecule has 0 fully saturated rings. The molecule has 7 heteroatoms. The Hall–Kier alpha value is -4.00. The minimum absolute atomic E-state index is 0.264. The summed E-state index contributed by atoms with van der Waals surface area (Å²) in [5.74, 6) is 1.49. The van der Waals surface area contributed by atoms with Crippen LogP contribution in [0.2, 0.25) is 0 Å². The number of aromatic nitrogens is 3. The van der Waals surface area contributed by atoms with Gasteiger partial charge in [-0.25, -0.2) is 9.97 Å². The molecule has 30 heavy (non-hydrogen) atoms. The fraction of sp³-hybridized carbons (Fsp3) is 0.130. The highest BCUT2D eigenvalue weighted by Gasteiger charge is 2.08. The standard InChI is InChI=1S/C23H21N5O2/c1-24-22(29)21-14-19(10-12-25-21)30-18-7-8-20-17(13-18)15-27-23(28-20)26-11-9-16-5-3-2-4-6-16/h2-8,10,12-15H,9,11H2,1H3,(H,24,29)(H,26,27,28). The van der Waals surface area contributed by atoms with E-state index in [2.05, 4.69) is 37.7 Å². The lowest BCUT2D eigenvalue weighted by Crippen LogP contribution is -2.18. The van der Waals surface area contributed by atoms with Gasteiger partial charge in [-0.2, -0.15) is 0 Å². The van der Waals surface area contributed by atoms with Crippen LogP contribution in [0.1, 0.15) is 16.1 Å². The summed E-state index contributed by atoms with van der Waals surface area (Å²) < 4.78 is 5.87. The number of anilines is 1. The molecule has 4 rings (SSSR count). The van der Waals surface area contributed by atoms with Crippen molar-refractivity contribution in [1.82, 2.24) is 20.3 Å². The van der Waals surface area contributed by atoms with E-state index >= 15 is 0 Å². The zero-order valence-electron chi connectivity index (χ0n) is 16.5. The van der Waals surface area contributed by atoms with Gasteiger partial charge in [-0.3, -0.25) is 9.78 Å². The lowest BCUT2D eigenvalue weighted by Gasteiger charge is -2.09. The summed E-state index contributed by atoms with van der Waals surface area (Å²) in [6, 6.07) is 19.2. The molecule has 4 aromatic rings. The predicted molar refractivity (Wildman–Crippen MR) is 116 cm³/mol. The van der Waals surface area contributed by atoms with Gasteiger partial charge in [0.05, 0.1) is 5.52 Å². The molecule has 0 aliphatic carbocycles. The number of hydrogen-bond donors (Lipinski definition) is 2. The first-order valence-corrected chi connectivity index (χ1v) is 9.62. The molecule has 0 saturated heterocycles. The molecule has 2 heterocycles. The van der Waals surface area contributed by atoms with Gasteiger partial charge in [0.25, 0.3) is 5.91 Å². The van der Waals surface area contributed by atoms with Crippen molar-refractivity contribution < 1.29 is 9.53 Å². The minimum Gasteiger partial charge on any atom is -0.457 e. The second kappa shape index (κ2) is 9.00. The van der Waals surface area contributed by atoms with Crippen molar-refractivity contribution in [3.8, 4) is 11.5 Å². The van der Waals surface area contributed by atoms with Crippen molar-refractivity contribution in [2.45, 2.75) is 6.42 Å². The number of pyridine rings is 1. The number of nitrogens with one attached hydrogen (secondary N) is 2. The summed E-state index contributed by atoms with van der Waals surface area (Å²) in [5.41, 5.74) is 2.38. The molecule has 0 unspecified atom stereocenters. The number of amides is 1. The average molecular weight is 399 g/mol. The molecule has 0 aliphatic rings. The molecule has 0 bridgehead atoms. The van der Waals surface area contributed by atoms with Crippen LogP contribution in [0.15, 0.2) is 73.1 Å². The van der Waals surface area contributed by atoms with Crippen LogP contribution in [0.5, 0.6) is 11.5 Å². The third-order valence-corrected chi connectivity index (χ3v) is 4.52. The second-order valence-electron chi connectivity index (χ2n) is 6.63. The first kappa shape index (κ1) is 19.3. The summed E-state index contributed by atoms with van der Waals surface area (Å²) in [4.78, 5) is 24.7. The van der Waals surface area contributed by atoms with E-state index < -0.39 is 0 Å². The van der Waals surface area contributed by atoms with Crippen molar-refractivity contribution in [3.63, 3.8) is 0 Å². The monoisotopic (exact) mass is 399 g/mol. The smallest absolute Gasteiger partial charge is 0.269 e. The van der Waals surface area contributed by atoms with Crippen molar-refractivity contribution >= 4 is 22.8 Å². The predicted octanol–water partition coefficient (Wildman–Crippen LogP) is 3.83. The largest absolute Gasteiger partial charge is 0.457 e. The Morgan fingerprint density at radius 1 is 1.00 bits per heavy atom. The molecular formula is C23H21N5O2. The molecule has 7 nitrogen and oxygen atoms in total. The fourth-order valence-corrected chi connectivity index (χ4v) is 2.99. The molecule has 1 amide bonds. The number of nitrogens with zero attached hydrogens (tertiary/aromatic N) is 3. The number of rotatable bonds is 7. The van der Waals surface area contributed by atoms with E-state index in [9.17, 15) is 4.79 Å². The molecule has 0 aliphatic heterocycles. The highest BCUT2D eigenvalue weighted by Crippen LogP contribution is 2.25. The third kappa shape index (κ3) is 4.70. The Morgan fingerprint density at radius 2 is 1.83 bits per heavy atom. The third-order valence-electron chi connectivity index (χ3n) is 4.52. The van der Waals surface area contributed by atoms with Gasteiger partial charge in [-0.1, -0.05) is 30.3 Å². The maximum absolute atomic E-state index is 11.7. The van der Waals surface area contributed by atoms with Crippen LogP contribution in [0.3, 0.4) is 0 Å². The summed E-state index contributed by atoms with van der Waals surface area (Å²) >= 11 is 0. The van der Waals surface area contributed by atoms with Crippen molar-refractivity contribution in [2.24, 2.45) is 0 Å². The Bertz CT molecular complexity index is 1160. The van der Waals surface area contributed by atoms with Gasteiger partial charge >= 0.3 is 0 Å². The van der Waals surface area contributed by atoms with Gasteiger partial charge in [0, 0.05) is 37.4 Å². The summed E-state index contributed by atoms with van der Waals surface area (Å²) in [6.07, 6.45) is 4.21. The molecule has 0 spiro atoms. The molecule has 0 saturated carbocycles. The first-order valence-electron chi connectivity index (χ1n) is 9.62. The van der Waals surface area contributed by atoms with Crippen molar-refractivity contribution in [1.29, 1.82) is 0 Å².